The molecule has 0 aromatic carbocycles. The topological polar surface area (TPSA) is 50.4 Å². The molecule has 1 aliphatic carbocycles. The lowest BCUT2D eigenvalue weighted by Crippen LogP contribution is -2.41. The predicted octanol–water partition coefficient (Wildman–Crippen LogP) is 2.04. The molecule has 1 aromatic heterocycles. The summed E-state index contributed by atoms with van der Waals surface area (Å²) in [5.74, 6) is 2.07. The third-order valence-electron chi connectivity index (χ3n) is 3.28. The summed E-state index contributed by atoms with van der Waals surface area (Å²) in [7, 11) is 0. The predicted molar refractivity (Wildman–Crippen MR) is 64.4 cm³/mol. The van der Waals surface area contributed by atoms with E-state index in [4.69, 9.17) is 4.52 Å². The molecule has 0 radical (unpaired) electrons. The van der Waals surface area contributed by atoms with E-state index in [-0.39, 0.29) is 0 Å². The number of aromatic nitrogens is 1. The minimum Gasteiger partial charge on any atom is -0.364 e. The van der Waals surface area contributed by atoms with E-state index >= 15 is 0 Å². The zero-order chi connectivity index (χ0) is 10.8. The molecule has 16 heavy (non-hydrogen) atoms. The first-order valence-electron chi connectivity index (χ1n) is 5.75. The molecule has 1 saturated heterocycles. The molecule has 2 atom stereocenters. The van der Waals surface area contributed by atoms with Crippen molar-refractivity contribution in [2.75, 3.05) is 5.75 Å². The van der Waals surface area contributed by atoms with Crippen molar-refractivity contribution in [1.29, 1.82) is 0 Å². The van der Waals surface area contributed by atoms with Crippen LogP contribution in [0.25, 0.3) is 0 Å². The van der Waals surface area contributed by atoms with E-state index in [1.54, 1.807) is 6.26 Å². The molecular weight excluding hydrogens is 222 g/mol. The molecule has 2 unspecified atom stereocenters. The van der Waals surface area contributed by atoms with Gasteiger partial charge in [-0.05, 0) is 18.8 Å². The Hall–Kier alpha value is -0.970. The van der Waals surface area contributed by atoms with E-state index in [2.05, 4.69) is 15.5 Å². The third kappa shape index (κ3) is 2.09. The number of hydrogen-bond acceptors (Lipinski definition) is 4. The second-order valence-corrected chi connectivity index (χ2v) is 5.37. The highest BCUT2D eigenvalue weighted by Gasteiger charge is 2.31. The van der Waals surface area contributed by atoms with Crippen molar-refractivity contribution in [3.05, 3.63) is 18.0 Å². The first-order valence-corrected chi connectivity index (χ1v) is 6.73. The number of aliphatic imine (C=N–C) groups is 1. The molecule has 2 aliphatic rings. The Morgan fingerprint density at radius 1 is 1.56 bits per heavy atom. The van der Waals surface area contributed by atoms with Crippen LogP contribution in [0.15, 0.2) is 21.8 Å². The van der Waals surface area contributed by atoms with Gasteiger partial charge in [0.25, 0.3) is 0 Å². The van der Waals surface area contributed by atoms with E-state index in [1.807, 2.05) is 17.8 Å². The van der Waals surface area contributed by atoms with Gasteiger partial charge in [0.05, 0.1) is 6.54 Å². The van der Waals surface area contributed by atoms with Gasteiger partial charge in [0.15, 0.2) is 5.17 Å². The first-order chi connectivity index (χ1) is 7.92. The van der Waals surface area contributed by atoms with Gasteiger partial charge in [-0.25, -0.2) is 0 Å². The van der Waals surface area contributed by atoms with Crippen molar-refractivity contribution in [3.8, 4) is 0 Å². The minimum absolute atomic E-state index is 0.614. The number of nitrogens with zero attached hydrogens (tertiary/aromatic N) is 2. The molecule has 86 valence electrons. The second-order valence-electron chi connectivity index (χ2n) is 4.36. The highest BCUT2D eigenvalue weighted by atomic mass is 32.2. The van der Waals surface area contributed by atoms with Crippen molar-refractivity contribution in [1.82, 2.24) is 10.5 Å². The van der Waals surface area contributed by atoms with Crippen LogP contribution < -0.4 is 5.32 Å². The van der Waals surface area contributed by atoms with Gasteiger partial charge in [0.2, 0.25) is 0 Å². The van der Waals surface area contributed by atoms with Crippen LogP contribution in [0.5, 0.6) is 0 Å². The number of fused-ring (bicyclic) bond motifs is 1. The Morgan fingerprint density at radius 3 is 3.44 bits per heavy atom. The summed E-state index contributed by atoms with van der Waals surface area (Å²) in [6, 6.07) is 2.52. The van der Waals surface area contributed by atoms with Gasteiger partial charge in [0, 0.05) is 17.9 Å². The normalized spacial score (nSPS) is 31.4. The van der Waals surface area contributed by atoms with Crippen molar-refractivity contribution < 1.29 is 4.52 Å². The highest BCUT2D eigenvalue weighted by molar-refractivity contribution is 8.13. The average molecular weight is 237 g/mol. The van der Waals surface area contributed by atoms with Crippen LogP contribution in [0.1, 0.15) is 25.0 Å². The fourth-order valence-corrected chi connectivity index (χ4v) is 3.54. The molecule has 1 aromatic rings. The van der Waals surface area contributed by atoms with E-state index in [0.29, 0.717) is 12.6 Å². The Kier molecular flexibility index (Phi) is 2.86. The fourth-order valence-electron chi connectivity index (χ4n) is 2.38. The van der Waals surface area contributed by atoms with Crippen molar-refractivity contribution in [2.24, 2.45) is 10.9 Å². The standard InChI is InChI=1S/C11H15N3OS/c1-2-8-7-16-11(13-10(8)3-1)12-6-9-4-5-15-14-9/h4-5,8,10H,1-3,6-7H2,(H,12,13). The number of hydrogen-bond donors (Lipinski definition) is 1. The lowest BCUT2D eigenvalue weighted by atomic mass is 10.1. The summed E-state index contributed by atoms with van der Waals surface area (Å²) in [5.41, 5.74) is 0.892. The average Bonchev–Trinajstić information content (AvgIpc) is 2.97. The van der Waals surface area contributed by atoms with Gasteiger partial charge >= 0.3 is 0 Å². The quantitative estimate of drug-likeness (QED) is 0.855. The molecule has 0 bridgehead atoms. The van der Waals surface area contributed by atoms with Crippen LogP contribution in [0, 0.1) is 5.92 Å². The van der Waals surface area contributed by atoms with E-state index < -0.39 is 0 Å². The molecule has 3 rings (SSSR count). The maximum absolute atomic E-state index is 4.78. The maximum atomic E-state index is 4.78. The Labute approximate surface area is 98.9 Å². The summed E-state index contributed by atoms with van der Waals surface area (Å²) in [6.45, 7) is 0.614. The van der Waals surface area contributed by atoms with Gasteiger partial charge in [-0.1, -0.05) is 23.3 Å². The molecule has 1 N–H and O–H groups in total. The highest BCUT2D eigenvalue weighted by Crippen LogP contribution is 2.32. The summed E-state index contributed by atoms with van der Waals surface area (Å²) >= 11 is 1.84. The van der Waals surface area contributed by atoms with E-state index in [0.717, 1.165) is 16.8 Å². The molecule has 1 aliphatic heterocycles. The molecule has 0 spiro atoms. The molecule has 5 heteroatoms. The van der Waals surface area contributed by atoms with E-state index in [9.17, 15) is 0 Å². The number of thioether (sulfide) groups is 1. The SMILES string of the molecule is c1cc(CN=C2NC3CCCC3CS2)no1. The van der Waals surface area contributed by atoms with Crippen LogP contribution in [-0.2, 0) is 6.54 Å². The monoisotopic (exact) mass is 237 g/mol. The fraction of sp³-hybridized carbons (Fsp3) is 0.636. The van der Waals surface area contributed by atoms with Gasteiger partial charge in [-0.3, -0.25) is 4.99 Å². The third-order valence-corrected chi connectivity index (χ3v) is 4.39. The van der Waals surface area contributed by atoms with E-state index in [1.165, 1.54) is 25.0 Å². The Balaban J connectivity index is 1.61. The summed E-state index contributed by atoms with van der Waals surface area (Å²) in [6.07, 6.45) is 5.62. The minimum atomic E-state index is 0.614. The summed E-state index contributed by atoms with van der Waals surface area (Å²) in [4.78, 5) is 4.53. The lowest BCUT2D eigenvalue weighted by molar-refractivity contribution is 0.412. The maximum Gasteiger partial charge on any atom is 0.157 e. The number of rotatable bonds is 2. The lowest BCUT2D eigenvalue weighted by Gasteiger charge is -2.27. The number of amidine groups is 1. The van der Waals surface area contributed by atoms with Gasteiger partial charge in [0.1, 0.15) is 12.0 Å². The van der Waals surface area contributed by atoms with Crippen LogP contribution >= 0.6 is 11.8 Å². The number of nitrogens with one attached hydrogen (secondary N) is 1. The molecule has 4 nitrogen and oxygen atoms in total. The molecule has 0 amide bonds. The van der Waals surface area contributed by atoms with Crippen LogP contribution in [0.3, 0.4) is 0 Å². The summed E-state index contributed by atoms with van der Waals surface area (Å²) in [5, 5.41) is 8.46. The smallest absolute Gasteiger partial charge is 0.157 e. The molecule has 1 saturated carbocycles. The van der Waals surface area contributed by atoms with Crippen LogP contribution in [-0.4, -0.2) is 22.1 Å². The Bertz CT molecular complexity index is 377. The largest absolute Gasteiger partial charge is 0.364 e. The zero-order valence-corrected chi connectivity index (χ0v) is 9.87. The van der Waals surface area contributed by atoms with Crippen LogP contribution in [0.4, 0.5) is 0 Å². The molecular formula is C11H15N3OS. The Morgan fingerprint density at radius 2 is 2.56 bits per heavy atom. The first kappa shape index (κ1) is 10.2. The van der Waals surface area contributed by atoms with Gasteiger partial charge in [-0.15, -0.1) is 0 Å². The second kappa shape index (κ2) is 4.49. The zero-order valence-electron chi connectivity index (χ0n) is 9.06. The molecule has 2 heterocycles. The van der Waals surface area contributed by atoms with Crippen molar-refractivity contribution >= 4 is 16.9 Å². The van der Waals surface area contributed by atoms with Crippen LogP contribution in [0.2, 0.25) is 0 Å². The van der Waals surface area contributed by atoms with Gasteiger partial charge < -0.3 is 9.84 Å². The van der Waals surface area contributed by atoms with Crippen molar-refractivity contribution in [3.63, 3.8) is 0 Å². The van der Waals surface area contributed by atoms with Crippen molar-refractivity contribution in [2.45, 2.75) is 31.8 Å². The molecule has 2 fully saturated rings. The summed E-state index contributed by atoms with van der Waals surface area (Å²) < 4.78 is 4.78. The van der Waals surface area contributed by atoms with Gasteiger partial charge in [-0.2, -0.15) is 0 Å².